The molecule has 0 spiro atoms. The molecule has 1 heterocycles. The fourth-order valence-electron chi connectivity index (χ4n) is 2.20. The van der Waals surface area contributed by atoms with Crippen molar-refractivity contribution in [3.05, 3.63) is 0 Å². The minimum atomic E-state index is -0.296. The van der Waals surface area contributed by atoms with Crippen molar-refractivity contribution in [2.24, 2.45) is 5.92 Å². The molecule has 1 saturated heterocycles. The lowest BCUT2D eigenvalue weighted by Gasteiger charge is -2.18. The summed E-state index contributed by atoms with van der Waals surface area (Å²) in [7, 11) is 0. The first-order chi connectivity index (χ1) is 8.00. The van der Waals surface area contributed by atoms with Crippen LogP contribution < -0.4 is 5.32 Å². The Hall–Kier alpha value is -0.610. The normalized spacial score (nSPS) is 22.2. The number of carbonyl (C=O) groups is 1. The first-order valence-electron chi connectivity index (χ1n) is 6.70. The van der Waals surface area contributed by atoms with E-state index in [0.29, 0.717) is 12.5 Å². The van der Waals surface area contributed by atoms with Gasteiger partial charge in [0, 0.05) is 31.5 Å². The molecule has 0 radical (unpaired) electrons. The van der Waals surface area contributed by atoms with E-state index < -0.39 is 0 Å². The highest BCUT2D eigenvalue weighted by molar-refractivity contribution is 5.76. The van der Waals surface area contributed by atoms with E-state index in [1.165, 1.54) is 0 Å². The molecule has 17 heavy (non-hydrogen) atoms. The molecule has 1 rings (SSSR count). The molecule has 1 aliphatic rings. The molecular formula is C13H26N2O2. The predicted molar refractivity (Wildman–Crippen MR) is 68.7 cm³/mol. The smallest absolute Gasteiger partial charge is 0.222 e. The van der Waals surface area contributed by atoms with Crippen LogP contribution in [-0.4, -0.2) is 47.7 Å². The van der Waals surface area contributed by atoms with Crippen LogP contribution >= 0.6 is 0 Å². The van der Waals surface area contributed by atoms with E-state index in [9.17, 15) is 9.90 Å². The van der Waals surface area contributed by atoms with Crippen LogP contribution in [0.25, 0.3) is 0 Å². The number of likely N-dealkylation sites (tertiary alicyclic amines) is 1. The molecule has 1 amide bonds. The van der Waals surface area contributed by atoms with Crippen LogP contribution in [-0.2, 0) is 4.79 Å². The zero-order chi connectivity index (χ0) is 12.8. The summed E-state index contributed by atoms with van der Waals surface area (Å²) in [4.78, 5) is 13.8. The van der Waals surface area contributed by atoms with Crippen LogP contribution in [0.15, 0.2) is 0 Å². The average molecular weight is 242 g/mol. The maximum Gasteiger partial charge on any atom is 0.222 e. The van der Waals surface area contributed by atoms with Gasteiger partial charge < -0.3 is 15.3 Å². The largest absolute Gasteiger partial charge is 0.393 e. The fraction of sp³-hybridized carbons (Fsp3) is 0.923. The first-order valence-corrected chi connectivity index (χ1v) is 6.70. The third-order valence-corrected chi connectivity index (χ3v) is 3.38. The van der Waals surface area contributed by atoms with E-state index >= 15 is 0 Å². The number of carbonyl (C=O) groups excluding carboxylic acids is 1. The molecule has 2 N–H and O–H groups in total. The summed E-state index contributed by atoms with van der Waals surface area (Å²) in [6, 6.07) is 0.483. The van der Waals surface area contributed by atoms with E-state index in [1.54, 1.807) is 0 Å². The maximum atomic E-state index is 11.9. The molecule has 0 aromatic heterocycles. The average Bonchev–Trinajstić information content (AvgIpc) is 2.73. The molecule has 2 atom stereocenters. The third kappa shape index (κ3) is 5.04. The second kappa shape index (κ2) is 6.97. The topological polar surface area (TPSA) is 52.6 Å². The predicted octanol–water partition coefficient (Wildman–Crippen LogP) is 0.994. The summed E-state index contributed by atoms with van der Waals surface area (Å²) < 4.78 is 0. The van der Waals surface area contributed by atoms with Crippen LogP contribution in [0.5, 0.6) is 0 Å². The van der Waals surface area contributed by atoms with Gasteiger partial charge in [-0.3, -0.25) is 4.79 Å². The minimum absolute atomic E-state index is 0.235. The van der Waals surface area contributed by atoms with Gasteiger partial charge in [0.05, 0.1) is 6.10 Å². The number of amides is 1. The van der Waals surface area contributed by atoms with Crippen molar-refractivity contribution in [1.82, 2.24) is 10.2 Å². The van der Waals surface area contributed by atoms with Gasteiger partial charge in [0.15, 0.2) is 0 Å². The molecule has 0 aromatic carbocycles. The zero-order valence-electron chi connectivity index (χ0n) is 11.3. The van der Waals surface area contributed by atoms with E-state index in [-0.39, 0.29) is 17.9 Å². The van der Waals surface area contributed by atoms with Gasteiger partial charge in [-0.05, 0) is 26.3 Å². The van der Waals surface area contributed by atoms with Gasteiger partial charge in [-0.2, -0.15) is 0 Å². The molecular weight excluding hydrogens is 216 g/mol. The standard InChI is InChI=1S/C13H26N2O2/c1-10(2)14-7-4-5-13(17)15-8-6-12(9-15)11(3)16/h10-12,14,16H,4-9H2,1-3H3. The number of nitrogens with one attached hydrogen (secondary N) is 1. The van der Waals surface area contributed by atoms with Crippen molar-refractivity contribution >= 4 is 5.91 Å². The summed E-state index contributed by atoms with van der Waals surface area (Å²) in [5.74, 6) is 0.506. The summed E-state index contributed by atoms with van der Waals surface area (Å²) in [6.45, 7) is 8.47. The molecule has 4 nitrogen and oxygen atoms in total. The van der Waals surface area contributed by atoms with Gasteiger partial charge in [-0.25, -0.2) is 0 Å². The van der Waals surface area contributed by atoms with Gasteiger partial charge >= 0.3 is 0 Å². The number of rotatable bonds is 6. The Morgan fingerprint density at radius 1 is 1.47 bits per heavy atom. The van der Waals surface area contributed by atoms with E-state index in [1.807, 2.05) is 11.8 Å². The monoisotopic (exact) mass is 242 g/mol. The lowest BCUT2D eigenvalue weighted by atomic mass is 10.0. The molecule has 0 saturated carbocycles. The second-order valence-electron chi connectivity index (χ2n) is 5.34. The van der Waals surface area contributed by atoms with Crippen molar-refractivity contribution in [2.45, 2.75) is 52.2 Å². The van der Waals surface area contributed by atoms with E-state index in [4.69, 9.17) is 0 Å². The van der Waals surface area contributed by atoms with Crippen LogP contribution in [0, 0.1) is 5.92 Å². The highest BCUT2D eigenvalue weighted by Crippen LogP contribution is 2.20. The van der Waals surface area contributed by atoms with Crippen LogP contribution in [0.3, 0.4) is 0 Å². The lowest BCUT2D eigenvalue weighted by molar-refractivity contribution is -0.130. The number of nitrogens with zero attached hydrogens (tertiary/aromatic N) is 1. The number of hydrogen-bond acceptors (Lipinski definition) is 3. The van der Waals surface area contributed by atoms with Crippen molar-refractivity contribution in [3.63, 3.8) is 0 Å². The molecule has 100 valence electrons. The third-order valence-electron chi connectivity index (χ3n) is 3.38. The van der Waals surface area contributed by atoms with E-state index in [0.717, 1.165) is 32.5 Å². The van der Waals surface area contributed by atoms with Crippen LogP contribution in [0.4, 0.5) is 0 Å². The molecule has 0 aromatic rings. The van der Waals surface area contributed by atoms with Crippen LogP contribution in [0.2, 0.25) is 0 Å². The Labute approximate surface area is 104 Å². The van der Waals surface area contributed by atoms with Crippen molar-refractivity contribution in [3.8, 4) is 0 Å². The highest BCUT2D eigenvalue weighted by atomic mass is 16.3. The quantitative estimate of drug-likeness (QED) is 0.683. The highest BCUT2D eigenvalue weighted by Gasteiger charge is 2.28. The first kappa shape index (κ1) is 14.5. The van der Waals surface area contributed by atoms with E-state index in [2.05, 4.69) is 19.2 Å². The Bertz CT molecular complexity index is 242. The zero-order valence-corrected chi connectivity index (χ0v) is 11.3. The Kier molecular flexibility index (Phi) is 5.92. The summed E-state index contributed by atoms with van der Waals surface area (Å²) >= 11 is 0. The van der Waals surface area contributed by atoms with Crippen molar-refractivity contribution in [1.29, 1.82) is 0 Å². The van der Waals surface area contributed by atoms with Crippen molar-refractivity contribution < 1.29 is 9.90 Å². The fourth-order valence-corrected chi connectivity index (χ4v) is 2.20. The SMILES string of the molecule is CC(C)NCCCC(=O)N1CCC(C(C)O)C1. The Balaban J connectivity index is 2.16. The van der Waals surface area contributed by atoms with Gasteiger partial charge in [-0.1, -0.05) is 13.8 Å². The summed E-state index contributed by atoms with van der Waals surface area (Å²) in [5.41, 5.74) is 0. The van der Waals surface area contributed by atoms with Gasteiger partial charge in [0.1, 0.15) is 0 Å². The molecule has 0 aliphatic carbocycles. The number of aliphatic hydroxyl groups is 1. The lowest BCUT2D eigenvalue weighted by Crippen LogP contribution is -2.31. The number of aliphatic hydroxyl groups excluding tert-OH is 1. The summed E-state index contributed by atoms with van der Waals surface area (Å²) in [6.07, 6.45) is 2.16. The molecule has 4 heteroatoms. The molecule has 0 bridgehead atoms. The van der Waals surface area contributed by atoms with Gasteiger partial charge in [0.2, 0.25) is 5.91 Å². The summed E-state index contributed by atoms with van der Waals surface area (Å²) in [5, 5.41) is 12.8. The van der Waals surface area contributed by atoms with Crippen LogP contribution in [0.1, 0.15) is 40.0 Å². The van der Waals surface area contributed by atoms with Crippen molar-refractivity contribution in [2.75, 3.05) is 19.6 Å². The molecule has 1 fully saturated rings. The van der Waals surface area contributed by atoms with Gasteiger partial charge in [0.25, 0.3) is 0 Å². The minimum Gasteiger partial charge on any atom is -0.393 e. The molecule has 2 unspecified atom stereocenters. The molecule has 1 aliphatic heterocycles. The van der Waals surface area contributed by atoms with Gasteiger partial charge in [-0.15, -0.1) is 0 Å². The number of hydrogen-bond donors (Lipinski definition) is 2. The maximum absolute atomic E-state index is 11.9. The Morgan fingerprint density at radius 2 is 2.18 bits per heavy atom. The Morgan fingerprint density at radius 3 is 2.71 bits per heavy atom. The second-order valence-corrected chi connectivity index (χ2v) is 5.34.